The fourth-order valence-electron chi connectivity index (χ4n) is 9.84. The molecule has 6 aliphatic heterocycles. The minimum absolute atomic E-state index is 0.122. The van der Waals surface area contributed by atoms with Crippen LogP contribution in [-0.2, 0) is 33.4 Å². The molecule has 0 aromatic heterocycles. The number of anilines is 1. The summed E-state index contributed by atoms with van der Waals surface area (Å²) in [5.41, 5.74) is 3.00. The molecule has 4 saturated heterocycles. The SMILES string of the molecule is C=C1C[C@H]2C=Nc3cc(OCCCCCOc4cc5c(cc4OC)C(=O)N4CC(=C)C[C@H]4[C@H](O)N5C(=O)COC4CCCC(COCC(=O)CCCN5C(=O)CC(SC)C5=O)O4)c(OC)cc3C(=O)N2C1. The van der Waals surface area contributed by atoms with Gasteiger partial charge in [0.15, 0.2) is 41.3 Å². The van der Waals surface area contributed by atoms with Crippen molar-refractivity contribution in [1.82, 2.24) is 14.7 Å². The highest BCUT2D eigenvalue weighted by atomic mass is 32.2. The van der Waals surface area contributed by atoms with E-state index in [4.69, 9.17) is 33.2 Å². The number of Topliss-reactive ketones (excluding diaryl/α,β-unsaturated/α-hetero) is 1. The second-order valence-corrected chi connectivity index (χ2v) is 19.6. The van der Waals surface area contributed by atoms with Crippen molar-refractivity contribution < 1.29 is 67.0 Å². The first-order chi connectivity index (χ1) is 34.3. The molecule has 4 fully saturated rings. The number of imide groups is 1. The van der Waals surface area contributed by atoms with Crippen molar-refractivity contribution in [1.29, 1.82) is 0 Å². The van der Waals surface area contributed by atoms with Gasteiger partial charge in [-0.05, 0) is 76.2 Å². The molecule has 2 aromatic carbocycles. The smallest absolute Gasteiger partial charge is 0.257 e. The summed E-state index contributed by atoms with van der Waals surface area (Å²) in [6, 6.07) is 5.60. The van der Waals surface area contributed by atoms with Crippen LogP contribution >= 0.6 is 11.8 Å². The Balaban J connectivity index is 0.837. The third-order valence-corrected chi connectivity index (χ3v) is 14.5. The van der Waals surface area contributed by atoms with Gasteiger partial charge in [0.1, 0.15) is 13.2 Å². The maximum Gasteiger partial charge on any atom is 0.257 e. The number of carbonyl (C=O) groups is 6. The number of aliphatic hydroxyl groups is 1. The van der Waals surface area contributed by atoms with E-state index in [1.54, 1.807) is 35.6 Å². The number of aliphatic imine (C=N–C) groups is 1. The van der Waals surface area contributed by atoms with Crippen LogP contribution in [0.25, 0.3) is 0 Å². The van der Waals surface area contributed by atoms with Crippen LogP contribution in [0.3, 0.4) is 0 Å². The molecule has 6 atom stereocenters. The van der Waals surface area contributed by atoms with Gasteiger partial charge in [-0.1, -0.05) is 24.3 Å². The first-order valence-electron chi connectivity index (χ1n) is 24.2. The fourth-order valence-corrected chi connectivity index (χ4v) is 10.5. The minimum Gasteiger partial charge on any atom is -0.493 e. The molecule has 0 radical (unpaired) electrons. The minimum atomic E-state index is -1.44. The van der Waals surface area contributed by atoms with E-state index in [0.29, 0.717) is 87.3 Å². The van der Waals surface area contributed by atoms with Gasteiger partial charge in [-0.2, -0.15) is 11.8 Å². The Kier molecular flexibility index (Phi) is 16.8. The number of rotatable bonds is 22. The maximum absolute atomic E-state index is 14.2. The zero-order valence-corrected chi connectivity index (χ0v) is 41.4. The van der Waals surface area contributed by atoms with Crippen molar-refractivity contribution in [2.24, 2.45) is 4.99 Å². The van der Waals surface area contributed by atoms with Crippen molar-refractivity contribution in [2.45, 2.75) is 107 Å². The summed E-state index contributed by atoms with van der Waals surface area (Å²) in [7, 11) is 2.99. The standard InChI is InChI=1S/C51H63N5O14S/c1-30-17-32-24-52-37-21-42(40(64-3)19-35(37)48(60)54(32)25-30)67-15-7-6-8-16-68-43-22-38-36(20-41(43)65-4)49(61)55-26-31(2)18-39(55)50(62)56(38)46(59)29-69-47-13-9-12-34(70-47)28-66-27-33(57)11-10-14-53-45(58)23-44(71-5)51(53)63/h19-22,24,32,34,39,44,47,50,62H,1-2,6-18,23,25-29H2,3-5H3/t32-,34?,39-,44?,47?,50-/m0/s1. The van der Waals surface area contributed by atoms with Gasteiger partial charge < -0.3 is 48.1 Å². The maximum atomic E-state index is 14.2. The molecule has 2 aromatic rings. The number of likely N-dealkylation sites (tertiary alicyclic amines) is 1. The Hall–Kier alpha value is -5.80. The lowest BCUT2D eigenvalue weighted by Gasteiger charge is -2.33. The summed E-state index contributed by atoms with van der Waals surface area (Å²) in [5.74, 6) is -0.217. The molecule has 8 rings (SSSR count). The number of nitrogens with zero attached hydrogens (tertiary/aromatic N) is 5. The Morgan fingerprint density at radius 2 is 1.52 bits per heavy atom. The Labute approximate surface area is 417 Å². The molecule has 0 spiro atoms. The van der Waals surface area contributed by atoms with Gasteiger partial charge in [-0.3, -0.25) is 43.6 Å². The van der Waals surface area contributed by atoms with Gasteiger partial charge in [-0.15, -0.1) is 0 Å². The predicted molar refractivity (Wildman–Crippen MR) is 262 cm³/mol. The molecule has 19 nitrogen and oxygen atoms in total. The van der Waals surface area contributed by atoms with E-state index in [1.807, 2.05) is 0 Å². The van der Waals surface area contributed by atoms with Gasteiger partial charge in [-0.25, -0.2) is 0 Å². The number of ketones is 1. The van der Waals surface area contributed by atoms with E-state index in [1.165, 1.54) is 46.7 Å². The number of aliphatic hydroxyl groups excluding tert-OH is 1. The molecule has 6 aliphatic rings. The molecule has 3 unspecified atom stereocenters. The van der Waals surface area contributed by atoms with E-state index in [-0.39, 0.29) is 103 Å². The van der Waals surface area contributed by atoms with Crippen molar-refractivity contribution >= 4 is 64.7 Å². The highest BCUT2D eigenvalue weighted by Gasteiger charge is 2.46. The van der Waals surface area contributed by atoms with Crippen molar-refractivity contribution in [2.75, 3.05) is 78.0 Å². The lowest BCUT2D eigenvalue weighted by Crippen LogP contribution is -2.52. The van der Waals surface area contributed by atoms with Crippen LogP contribution in [0.2, 0.25) is 0 Å². The molecule has 0 saturated carbocycles. The lowest BCUT2D eigenvalue weighted by molar-refractivity contribution is -0.204. The van der Waals surface area contributed by atoms with Crippen LogP contribution in [0, 0.1) is 0 Å². The molecule has 382 valence electrons. The van der Waals surface area contributed by atoms with Crippen LogP contribution in [0.15, 0.2) is 53.6 Å². The average Bonchev–Trinajstić information content (AvgIpc) is 4.00. The highest BCUT2D eigenvalue weighted by Crippen LogP contribution is 2.43. The number of unbranched alkanes of at least 4 members (excludes halogenated alkanes) is 2. The van der Waals surface area contributed by atoms with Gasteiger partial charge >= 0.3 is 0 Å². The molecular formula is C51H63N5O14S. The molecule has 0 bridgehead atoms. The Bertz CT molecular complexity index is 2450. The van der Waals surface area contributed by atoms with Gasteiger partial charge in [0, 0.05) is 50.8 Å². The summed E-state index contributed by atoms with van der Waals surface area (Å²) in [5, 5.41) is 11.5. The van der Waals surface area contributed by atoms with Crippen LogP contribution in [-0.4, -0.2) is 170 Å². The van der Waals surface area contributed by atoms with Crippen LogP contribution in [0.5, 0.6) is 23.0 Å². The van der Waals surface area contributed by atoms with Crippen molar-refractivity contribution in [3.8, 4) is 23.0 Å². The van der Waals surface area contributed by atoms with Gasteiger partial charge in [0.2, 0.25) is 11.8 Å². The number of amides is 5. The quantitative estimate of drug-likeness (QED) is 0.0932. The fraction of sp³-hybridized carbons (Fsp3) is 0.549. The van der Waals surface area contributed by atoms with Crippen molar-refractivity contribution in [3.05, 3.63) is 59.7 Å². The van der Waals surface area contributed by atoms with Crippen molar-refractivity contribution in [3.63, 3.8) is 0 Å². The number of ether oxygens (including phenoxy) is 7. The third kappa shape index (κ3) is 11.6. The largest absolute Gasteiger partial charge is 0.493 e. The number of benzene rings is 2. The summed E-state index contributed by atoms with van der Waals surface area (Å²) in [6.07, 6.45) is 6.54. The predicted octanol–water partition coefficient (Wildman–Crippen LogP) is 5.02. The van der Waals surface area contributed by atoms with Gasteiger partial charge in [0.25, 0.3) is 17.7 Å². The summed E-state index contributed by atoms with van der Waals surface area (Å²) < 4.78 is 41.4. The lowest BCUT2D eigenvalue weighted by atomic mass is 10.1. The molecule has 71 heavy (non-hydrogen) atoms. The van der Waals surface area contributed by atoms with Crippen LogP contribution in [0.4, 0.5) is 11.4 Å². The second-order valence-electron chi connectivity index (χ2n) is 18.6. The zero-order valence-electron chi connectivity index (χ0n) is 40.6. The van der Waals surface area contributed by atoms with Gasteiger partial charge in [0.05, 0.1) is 80.0 Å². The number of fused-ring (bicyclic) bond motifs is 4. The monoisotopic (exact) mass is 1000 g/mol. The van der Waals surface area contributed by atoms with E-state index in [9.17, 15) is 33.9 Å². The first kappa shape index (κ1) is 51.6. The summed E-state index contributed by atoms with van der Waals surface area (Å²) in [4.78, 5) is 89.1. The molecular weight excluding hydrogens is 939 g/mol. The Morgan fingerprint density at radius 3 is 2.24 bits per heavy atom. The number of methoxy groups -OCH3 is 2. The summed E-state index contributed by atoms with van der Waals surface area (Å²) in [6.45, 7) is 9.14. The Morgan fingerprint density at radius 1 is 0.831 bits per heavy atom. The number of hydrogen-bond acceptors (Lipinski definition) is 16. The number of hydrogen-bond donors (Lipinski definition) is 1. The van der Waals surface area contributed by atoms with E-state index < -0.39 is 43.1 Å². The first-order valence-corrected chi connectivity index (χ1v) is 25.5. The van der Waals surface area contributed by atoms with E-state index in [2.05, 4.69) is 18.2 Å². The number of thioether (sulfide) groups is 1. The summed E-state index contributed by atoms with van der Waals surface area (Å²) >= 11 is 1.35. The number of carbonyl (C=O) groups excluding carboxylic acids is 6. The average molecular weight is 1000 g/mol. The normalized spacial score (nSPS) is 23.9. The molecule has 5 amide bonds. The zero-order chi connectivity index (χ0) is 50.3. The third-order valence-electron chi connectivity index (χ3n) is 13.6. The molecule has 6 heterocycles. The topological polar surface area (TPSA) is 213 Å². The van der Waals surface area contributed by atoms with E-state index >= 15 is 0 Å². The molecule has 0 aliphatic carbocycles. The highest BCUT2D eigenvalue weighted by molar-refractivity contribution is 8.00. The van der Waals surface area contributed by atoms with Crippen LogP contribution < -0.4 is 23.8 Å². The second kappa shape index (κ2) is 23.2. The van der Waals surface area contributed by atoms with E-state index in [0.717, 1.165) is 17.6 Å². The molecule has 20 heteroatoms. The van der Waals surface area contributed by atoms with Crippen LogP contribution in [0.1, 0.15) is 91.3 Å². The molecule has 1 N–H and O–H groups in total.